The molecule has 0 bridgehead atoms. The largest absolute Gasteiger partial charge is 0.417 e. The summed E-state index contributed by atoms with van der Waals surface area (Å²) in [5.41, 5.74) is -7.43. The third-order valence-electron chi connectivity index (χ3n) is 9.17. The Hall–Kier alpha value is -6.44. The molecular weight excluding hydrogens is 778 g/mol. The van der Waals surface area contributed by atoms with E-state index in [0.717, 1.165) is 0 Å². The minimum absolute atomic E-state index is 0.0143. The molecule has 0 amide bonds. The maximum Gasteiger partial charge on any atom is 0.417 e. The van der Waals surface area contributed by atoms with Gasteiger partial charge in [-0.3, -0.25) is 0 Å². The van der Waals surface area contributed by atoms with Crippen molar-refractivity contribution in [2.24, 2.45) is 0 Å². The first-order chi connectivity index (χ1) is 26.5. The van der Waals surface area contributed by atoms with Crippen molar-refractivity contribution >= 4 is 21.8 Å². The molecule has 2 heterocycles. The molecule has 0 spiro atoms. The van der Waals surface area contributed by atoms with Crippen LogP contribution in [0.2, 0.25) is 0 Å². The molecule has 0 unspecified atom stereocenters. The SMILES string of the molecule is Cc1nc(C)nc(-c2ccc(C#N)c(-n3c4cc(-c5ccc(C(F)(F)F)cc5C(F)(F)F)ccc4c4ccc(-c5ccc(C(F)(F)F)cc5C(F)(F)F)cc43)c2)n1. The minimum atomic E-state index is -5.24. The highest BCUT2D eigenvalue weighted by Crippen LogP contribution is 2.45. The van der Waals surface area contributed by atoms with Crippen LogP contribution in [0, 0.1) is 25.2 Å². The van der Waals surface area contributed by atoms with Gasteiger partial charge in [0, 0.05) is 16.3 Å². The van der Waals surface area contributed by atoms with Gasteiger partial charge in [0.25, 0.3) is 0 Å². The number of fused-ring (bicyclic) bond motifs is 3. The molecule has 0 saturated carbocycles. The van der Waals surface area contributed by atoms with Crippen molar-refractivity contribution < 1.29 is 52.7 Å². The first kappa shape index (κ1) is 38.8. The summed E-state index contributed by atoms with van der Waals surface area (Å²) in [6.07, 6.45) is -20.7. The van der Waals surface area contributed by atoms with Crippen molar-refractivity contribution in [2.75, 3.05) is 0 Å². The Labute approximate surface area is 313 Å². The van der Waals surface area contributed by atoms with E-state index in [0.29, 0.717) is 52.3 Å². The van der Waals surface area contributed by atoms with Gasteiger partial charge in [0.2, 0.25) is 0 Å². The number of alkyl halides is 12. The fraction of sp³-hybridized carbons (Fsp3) is 0.150. The molecule has 0 saturated heterocycles. The van der Waals surface area contributed by atoms with Gasteiger partial charge in [0.15, 0.2) is 5.82 Å². The fourth-order valence-corrected chi connectivity index (χ4v) is 6.72. The van der Waals surface area contributed by atoms with Crippen LogP contribution in [-0.2, 0) is 24.7 Å². The highest BCUT2D eigenvalue weighted by atomic mass is 19.4. The number of nitrogens with zero attached hydrogens (tertiary/aromatic N) is 5. The molecule has 0 atom stereocenters. The zero-order valence-corrected chi connectivity index (χ0v) is 28.9. The molecule has 7 rings (SSSR count). The second-order valence-corrected chi connectivity index (χ2v) is 12.9. The summed E-state index contributed by atoms with van der Waals surface area (Å²) < 4.78 is 169. The third-order valence-corrected chi connectivity index (χ3v) is 9.17. The van der Waals surface area contributed by atoms with Gasteiger partial charge in [-0.1, -0.05) is 36.4 Å². The molecular formula is C40H21F12N5. The van der Waals surface area contributed by atoms with Gasteiger partial charge in [-0.2, -0.15) is 57.9 Å². The molecule has 0 aliphatic heterocycles. The number of halogens is 12. The zero-order valence-electron chi connectivity index (χ0n) is 28.9. The Morgan fingerprint density at radius 2 is 0.930 bits per heavy atom. The topological polar surface area (TPSA) is 67.4 Å². The van der Waals surface area contributed by atoms with E-state index in [4.69, 9.17) is 0 Å². The Kier molecular flexibility index (Phi) is 9.09. The monoisotopic (exact) mass is 799 g/mol. The number of aryl methyl sites for hydroxylation is 2. The lowest BCUT2D eigenvalue weighted by Crippen LogP contribution is -2.12. The summed E-state index contributed by atoms with van der Waals surface area (Å²) in [5.74, 6) is 0.833. The van der Waals surface area contributed by atoms with E-state index < -0.39 is 58.1 Å². The molecule has 0 aliphatic carbocycles. The van der Waals surface area contributed by atoms with Crippen molar-refractivity contribution in [1.29, 1.82) is 5.26 Å². The van der Waals surface area contributed by atoms with Crippen LogP contribution in [-0.4, -0.2) is 19.5 Å². The molecule has 5 aromatic carbocycles. The summed E-state index contributed by atoms with van der Waals surface area (Å²) in [7, 11) is 0. The fourth-order valence-electron chi connectivity index (χ4n) is 6.72. The van der Waals surface area contributed by atoms with Crippen molar-refractivity contribution in [1.82, 2.24) is 19.5 Å². The quantitative estimate of drug-likeness (QED) is 0.166. The normalized spacial score (nSPS) is 12.7. The van der Waals surface area contributed by atoms with Crippen LogP contribution in [0.25, 0.3) is 61.1 Å². The molecule has 0 radical (unpaired) electrons. The Morgan fingerprint density at radius 1 is 0.491 bits per heavy atom. The smallest absolute Gasteiger partial charge is 0.308 e. The minimum Gasteiger partial charge on any atom is -0.308 e. The average Bonchev–Trinajstić information content (AvgIpc) is 3.45. The van der Waals surface area contributed by atoms with E-state index in [1.54, 1.807) is 13.8 Å². The van der Waals surface area contributed by atoms with Gasteiger partial charge < -0.3 is 4.57 Å². The summed E-state index contributed by atoms with van der Waals surface area (Å²) >= 11 is 0. The van der Waals surface area contributed by atoms with Gasteiger partial charge in [0.05, 0.1) is 44.5 Å². The standard InChI is InChI=1S/C40H21F12N5/c1-19-54-20(2)56-36(55-19)23-3-4-24(18-53)33(15-23)57-34-13-21(27-11-7-25(37(41,42)43)16-31(27)39(47,48)49)5-9-29(34)30-10-6-22(14-35(30)57)28-12-8-26(38(44,45)46)17-32(28)40(50,51)52/h3-17H,1-2H3. The van der Waals surface area contributed by atoms with Gasteiger partial charge in [-0.15, -0.1) is 0 Å². The molecule has 57 heavy (non-hydrogen) atoms. The number of hydrogen-bond acceptors (Lipinski definition) is 4. The third kappa shape index (κ3) is 7.23. The van der Waals surface area contributed by atoms with E-state index in [-0.39, 0.29) is 51.4 Å². The number of hydrogen-bond donors (Lipinski definition) is 0. The number of nitriles is 1. The molecule has 0 fully saturated rings. The molecule has 5 nitrogen and oxygen atoms in total. The van der Waals surface area contributed by atoms with E-state index in [2.05, 4.69) is 15.0 Å². The first-order valence-corrected chi connectivity index (χ1v) is 16.4. The van der Waals surface area contributed by atoms with Crippen LogP contribution in [0.4, 0.5) is 52.7 Å². The van der Waals surface area contributed by atoms with Crippen LogP contribution in [0.15, 0.2) is 91.0 Å². The maximum absolute atomic E-state index is 14.3. The summed E-state index contributed by atoms with van der Waals surface area (Å²) in [6, 6.07) is 16.4. The predicted octanol–water partition coefficient (Wildman–Crippen LogP) is 12.5. The van der Waals surface area contributed by atoms with Crippen LogP contribution in [0.1, 0.15) is 39.5 Å². The van der Waals surface area contributed by atoms with Gasteiger partial charge in [-0.25, -0.2) is 15.0 Å². The van der Waals surface area contributed by atoms with Crippen molar-refractivity contribution in [2.45, 2.75) is 38.6 Å². The van der Waals surface area contributed by atoms with Crippen LogP contribution in [0.5, 0.6) is 0 Å². The average molecular weight is 800 g/mol. The van der Waals surface area contributed by atoms with Gasteiger partial charge in [0.1, 0.15) is 17.7 Å². The first-order valence-electron chi connectivity index (χ1n) is 16.4. The lowest BCUT2D eigenvalue weighted by molar-refractivity contribution is -0.144. The van der Waals surface area contributed by atoms with Gasteiger partial charge >= 0.3 is 24.7 Å². The van der Waals surface area contributed by atoms with E-state index >= 15 is 0 Å². The Balaban J connectivity index is 1.57. The second kappa shape index (κ2) is 13.4. The lowest BCUT2D eigenvalue weighted by atomic mass is 9.95. The van der Waals surface area contributed by atoms with Crippen LogP contribution < -0.4 is 0 Å². The van der Waals surface area contributed by atoms with E-state index in [1.807, 2.05) is 6.07 Å². The van der Waals surface area contributed by atoms with Crippen LogP contribution in [0.3, 0.4) is 0 Å². The summed E-state index contributed by atoms with van der Waals surface area (Å²) in [5, 5.41) is 10.9. The molecule has 290 valence electrons. The zero-order chi connectivity index (χ0) is 41.4. The highest BCUT2D eigenvalue weighted by molar-refractivity contribution is 6.11. The van der Waals surface area contributed by atoms with Gasteiger partial charge in [-0.05, 0) is 90.7 Å². The lowest BCUT2D eigenvalue weighted by Gasteiger charge is -2.17. The molecule has 7 aromatic rings. The molecule has 2 aromatic heterocycles. The van der Waals surface area contributed by atoms with Crippen molar-refractivity contribution in [3.05, 3.63) is 130 Å². The summed E-state index contributed by atoms with van der Waals surface area (Å²) in [4.78, 5) is 12.8. The number of rotatable bonds is 4. The van der Waals surface area contributed by atoms with Crippen molar-refractivity contribution in [3.63, 3.8) is 0 Å². The predicted molar refractivity (Wildman–Crippen MR) is 185 cm³/mol. The van der Waals surface area contributed by atoms with E-state index in [9.17, 15) is 57.9 Å². The van der Waals surface area contributed by atoms with Crippen LogP contribution >= 0.6 is 0 Å². The van der Waals surface area contributed by atoms with E-state index in [1.165, 1.54) is 59.2 Å². The maximum atomic E-state index is 14.3. The highest BCUT2D eigenvalue weighted by Gasteiger charge is 2.40. The summed E-state index contributed by atoms with van der Waals surface area (Å²) in [6.45, 7) is 3.21. The second-order valence-electron chi connectivity index (χ2n) is 12.9. The molecule has 0 N–H and O–H groups in total. The number of benzene rings is 5. The van der Waals surface area contributed by atoms with Crippen molar-refractivity contribution in [3.8, 4) is 45.4 Å². The number of aromatic nitrogens is 4. The Bertz CT molecular complexity index is 2630. The Morgan fingerprint density at radius 3 is 1.33 bits per heavy atom. The molecule has 17 heteroatoms. The molecule has 0 aliphatic rings.